The second kappa shape index (κ2) is 4.61. The third-order valence-electron chi connectivity index (χ3n) is 7.94. The van der Waals surface area contributed by atoms with E-state index < -0.39 is 11.7 Å². The summed E-state index contributed by atoms with van der Waals surface area (Å²) in [6.07, 6.45) is 12.4. The van der Waals surface area contributed by atoms with Gasteiger partial charge in [0.2, 0.25) is 0 Å². The average molecular weight is 314 g/mol. The van der Waals surface area contributed by atoms with Crippen LogP contribution in [-0.2, 0) is 0 Å². The van der Waals surface area contributed by atoms with E-state index >= 15 is 0 Å². The minimum Gasteiger partial charge on any atom is -0.390 e. The Kier molecular flexibility index (Phi) is 3.14. The highest BCUT2D eigenvalue weighted by Gasteiger charge is 2.60. The topological polar surface area (TPSA) is 40.5 Å². The first-order chi connectivity index (χ1) is 10.7. The molecule has 0 bridgehead atoms. The quantitative estimate of drug-likeness (QED) is 0.663. The summed E-state index contributed by atoms with van der Waals surface area (Å²) < 4.78 is 0. The molecule has 4 aliphatic carbocycles. The van der Waals surface area contributed by atoms with E-state index in [0.717, 1.165) is 25.7 Å². The largest absolute Gasteiger partial charge is 0.390 e. The lowest BCUT2D eigenvalue weighted by Crippen LogP contribution is -2.50. The molecule has 0 heterocycles. The maximum absolute atomic E-state index is 10.9. The van der Waals surface area contributed by atoms with Crippen LogP contribution in [0, 0.1) is 28.6 Å². The van der Waals surface area contributed by atoms with Crippen LogP contribution in [0.1, 0.15) is 53.4 Å². The van der Waals surface area contributed by atoms with E-state index in [2.05, 4.69) is 39.0 Å². The van der Waals surface area contributed by atoms with Gasteiger partial charge in [-0.3, -0.25) is 0 Å². The van der Waals surface area contributed by atoms with Gasteiger partial charge in [0.15, 0.2) is 0 Å². The van der Waals surface area contributed by atoms with Crippen molar-refractivity contribution in [2.24, 2.45) is 28.6 Å². The number of fused-ring (bicyclic) bond motifs is 5. The summed E-state index contributed by atoms with van der Waals surface area (Å²) in [5, 5.41) is 21.0. The molecule has 0 aromatic carbocycles. The molecule has 0 aromatic heterocycles. The van der Waals surface area contributed by atoms with Gasteiger partial charge in [0, 0.05) is 10.8 Å². The SMILES string of the molecule is CC1CC2C(=CCC3(C)C2CCC3(C)O)C2(C)C=CC(O)C=C12. The second-order valence-corrected chi connectivity index (χ2v) is 9.12. The molecule has 0 amide bonds. The standard InChI is InChI=1S/C21H30O2/c1-13-11-15-16(19(2)8-5-14(22)12-18(13)19)6-9-20(3)17(15)7-10-21(20,4)23/h5-6,8,12-15,17,22-23H,7,9-11H2,1-4H3. The summed E-state index contributed by atoms with van der Waals surface area (Å²) in [4.78, 5) is 0. The Hall–Kier alpha value is -0.860. The summed E-state index contributed by atoms with van der Waals surface area (Å²) in [5.74, 6) is 1.65. The third kappa shape index (κ3) is 1.88. The van der Waals surface area contributed by atoms with Crippen molar-refractivity contribution in [1.82, 2.24) is 0 Å². The fourth-order valence-corrected chi connectivity index (χ4v) is 6.28. The van der Waals surface area contributed by atoms with E-state index in [4.69, 9.17) is 0 Å². The van der Waals surface area contributed by atoms with Crippen molar-refractivity contribution >= 4 is 0 Å². The molecule has 4 aliphatic rings. The van der Waals surface area contributed by atoms with Crippen LogP contribution < -0.4 is 0 Å². The van der Waals surface area contributed by atoms with E-state index in [-0.39, 0.29) is 10.8 Å². The number of rotatable bonds is 0. The number of hydrogen-bond donors (Lipinski definition) is 2. The Labute approximate surface area is 140 Å². The molecule has 4 rings (SSSR count). The number of hydrogen-bond acceptors (Lipinski definition) is 2. The third-order valence-corrected chi connectivity index (χ3v) is 7.94. The molecule has 2 heteroatoms. The Bertz CT molecular complexity index is 626. The van der Waals surface area contributed by atoms with Gasteiger partial charge >= 0.3 is 0 Å². The van der Waals surface area contributed by atoms with Crippen molar-refractivity contribution in [2.75, 3.05) is 0 Å². The highest BCUT2D eigenvalue weighted by atomic mass is 16.3. The molecule has 2 fully saturated rings. The smallest absolute Gasteiger partial charge is 0.0906 e. The van der Waals surface area contributed by atoms with Crippen LogP contribution in [0.4, 0.5) is 0 Å². The zero-order valence-corrected chi connectivity index (χ0v) is 14.8. The van der Waals surface area contributed by atoms with E-state index in [1.54, 1.807) is 5.57 Å². The van der Waals surface area contributed by atoms with Gasteiger partial charge in [0.25, 0.3) is 0 Å². The van der Waals surface area contributed by atoms with Crippen molar-refractivity contribution in [3.05, 3.63) is 35.5 Å². The maximum atomic E-state index is 10.9. The molecule has 7 unspecified atom stereocenters. The molecule has 0 spiro atoms. The summed E-state index contributed by atoms with van der Waals surface area (Å²) in [6.45, 7) is 8.98. The van der Waals surface area contributed by atoms with Crippen LogP contribution in [0.2, 0.25) is 0 Å². The lowest BCUT2D eigenvalue weighted by atomic mass is 9.50. The van der Waals surface area contributed by atoms with Crippen LogP contribution in [0.5, 0.6) is 0 Å². The van der Waals surface area contributed by atoms with Crippen LogP contribution in [-0.4, -0.2) is 21.9 Å². The molecule has 0 aliphatic heterocycles. The zero-order chi connectivity index (χ0) is 16.6. The minimum absolute atomic E-state index is 0.0103. The molecule has 0 saturated heterocycles. The highest BCUT2D eigenvalue weighted by molar-refractivity contribution is 5.46. The van der Waals surface area contributed by atoms with Gasteiger partial charge in [-0.15, -0.1) is 0 Å². The summed E-state index contributed by atoms with van der Waals surface area (Å²) in [6, 6.07) is 0. The van der Waals surface area contributed by atoms with Gasteiger partial charge in [0.05, 0.1) is 11.7 Å². The molecular weight excluding hydrogens is 284 g/mol. The van der Waals surface area contributed by atoms with E-state index in [0.29, 0.717) is 17.8 Å². The van der Waals surface area contributed by atoms with Gasteiger partial charge in [-0.05, 0) is 57.3 Å². The molecule has 0 aromatic rings. The van der Waals surface area contributed by atoms with E-state index in [9.17, 15) is 10.2 Å². The first kappa shape index (κ1) is 15.7. The van der Waals surface area contributed by atoms with Gasteiger partial charge < -0.3 is 10.2 Å². The summed E-state index contributed by atoms with van der Waals surface area (Å²) in [5.41, 5.74) is 2.38. The number of allylic oxidation sites excluding steroid dienone is 4. The fourth-order valence-electron chi connectivity index (χ4n) is 6.28. The molecule has 23 heavy (non-hydrogen) atoms. The summed E-state index contributed by atoms with van der Waals surface area (Å²) >= 11 is 0. The summed E-state index contributed by atoms with van der Waals surface area (Å²) in [7, 11) is 0. The molecule has 126 valence electrons. The van der Waals surface area contributed by atoms with Gasteiger partial charge in [-0.25, -0.2) is 0 Å². The fraction of sp³-hybridized carbons (Fsp3) is 0.714. The lowest BCUT2D eigenvalue weighted by molar-refractivity contribution is -0.0675. The number of aliphatic hydroxyl groups is 2. The number of aliphatic hydroxyl groups excluding tert-OH is 1. The van der Waals surface area contributed by atoms with Crippen LogP contribution >= 0.6 is 0 Å². The molecular formula is C21H30O2. The lowest BCUT2D eigenvalue weighted by Gasteiger charge is -2.55. The minimum atomic E-state index is -0.543. The van der Waals surface area contributed by atoms with Gasteiger partial charge in [-0.1, -0.05) is 49.3 Å². The predicted molar refractivity (Wildman–Crippen MR) is 92.8 cm³/mol. The van der Waals surface area contributed by atoms with Crippen molar-refractivity contribution in [1.29, 1.82) is 0 Å². The van der Waals surface area contributed by atoms with Gasteiger partial charge in [-0.2, -0.15) is 0 Å². The van der Waals surface area contributed by atoms with Crippen molar-refractivity contribution in [3.63, 3.8) is 0 Å². The molecule has 0 radical (unpaired) electrons. The Balaban J connectivity index is 1.81. The van der Waals surface area contributed by atoms with E-state index in [1.807, 2.05) is 13.0 Å². The second-order valence-electron chi connectivity index (χ2n) is 9.12. The molecule has 7 atom stereocenters. The van der Waals surface area contributed by atoms with E-state index in [1.165, 1.54) is 5.57 Å². The van der Waals surface area contributed by atoms with Crippen LogP contribution in [0.15, 0.2) is 35.5 Å². The predicted octanol–water partition coefficient (Wildman–Crippen LogP) is 4.00. The van der Waals surface area contributed by atoms with Crippen molar-refractivity contribution in [2.45, 2.75) is 65.1 Å². The van der Waals surface area contributed by atoms with Crippen LogP contribution in [0.3, 0.4) is 0 Å². The normalized spacial score (nSPS) is 54.7. The first-order valence-electron chi connectivity index (χ1n) is 9.21. The van der Waals surface area contributed by atoms with Crippen LogP contribution in [0.25, 0.3) is 0 Å². The molecule has 2 N–H and O–H groups in total. The average Bonchev–Trinajstić information content (AvgIpc) is 2.72. The molecule has 2 nitrogen and oxygen atoms in total. The van der Waals surface area contributed by atoms with Crippen molar-refractivity contribution < 1.29 is 10.2 Å². The molecule has 2 saturated carbocycles. The monoisotopic (exact) mass is 314 g/mol. The Morgan fingerprint density at radius 1 is 1.17 bits per heavy atom. The maximum Gasteiger partial charge on any atom is 0.0906 e. The van der Waals surface area contributed by atoms with Crippen molar-refractivity contribution in [3.8, 4) is 0 Å². The Morgan fingerprint density at radius 3 is 2.65 bits per heavy atom. The zero-order valence-electron chi connectivity index (χ0n) is 14.8. The Morgan fingerprint density at radius 2 is 1.91 bits per heavy atom. The van der Waals surface area contributed by atoms with Gasteiger partial charge in [0.1, 0.15) is 0 Å². The highest BCUT2D eigenvalue weighted by Crippen LogP contribution is 2.65. The first-order valence-corrected chi connectivity index (χ1v) is 9.21.